The van der Waals surface area contributed by atoms with E-state index in [0.717, 1.165) is 12.7 Å². The first kappa shape index (κ1) is 11.4. The molecule has 0 N–H and O–H groups in total. The van der Waals surface area contributed by atoms with Crippen LogP contribution < -0.4 is 0 Å². The van der Waals surface area contributed by atoms with Crippen molar-refractivity contribution in [3.63, 3.8) is 0 Å². The minimum atomic E-state index is -0.273. The van der Waals surface area contributed by atoms with Gasteiger partial charge in [-0.25, -0.2) is 0 Å². The van der Waals surface area contributed by atoms with Crippen molar-refractivity contribution in [3.8, 4) is 0 Å². The van der Waals surface area contributed by atoms with Crippen LogP contribution in [-0.4, -0.2) is 31.3 Å². The van der Waals surface area contributed by atoms with E-state index in [1.54, 1.807) is 0 Å². The Morgan fingerprint density at radius 1 is 1.29 bits per heavy atom. The summed E-state index contributed by atoms with van der Waals surface area (Å²) in [7, 11) is 4.16. The Morgan fingerprint density at radius 2 is 1.86 bits per heavy atom. The quantitative estimate of drug-likeness (QED) is 0.497. The summed E-state index contributed by atoms with van der Waals surface area (Å²) in [5, 5.41) is 0. The highest BCUT2D eigenvalue weighted by molar-refractivity contribution is 5.62. The van der Waals surface area contributed by atoms with Crippen LogP contribution in [0.5, 0.6) is 0 Å². The molecule has 2 unspecified atom stereocenters. The molecule has 0 aromatic rings. The summed E-state index contributed by atoms with van der Waals surface area (Å²) in [6, 6.07) is 0.433. The lowest BCUT2D eigenvalue weighted by atomic mass is 9.68. The lowest BCUT2D eigenvalue weighted by Crippen LogP contribution is -2.46. The van der Waals surface area contributed by atoms with Gasteiger partial charge >= 0.3 is 0 Å². The molecule has 0 saturated carbocycles. The van der Waals surface area contributed by atoms with Gasteiger partial charge in [0.2, 0.25) is 0 Å². The molecule has 0 aromatic carbocycles. The fourth-order valence-corrected chi connectivity index (χ4v) is 2.20. The Labute approximate surface area is 87.0 Å². The average Bonchev–Trinajstić information content (AvgIpc) is 2.09. The lowest BCUT2D eigenvalue weighted by Gasteiger charge is -2.44. The first-order chi connectivity index (χ1) is 6.31. The number of rotatable bonds is 2. The summed E-state index contributed by atoms with van der Waals surface area (Å²) in [4.78, 5) is 13.2. The zero-order chi connectivity index (χ0) is 11.0. The molecular weight excluding hydrogens is 174 g/mol. The number of nitrogens with zero attached hydrogens (tertiary/aromatic N) is 1. The van der Waals surface area contributed by atoms with Crippen LogP contribution in [-0.2, 0) is 4.79 Å². The molecule has 0 bridgehead atoms. The van der Waals surface area contributed by atoms with Crippen LogP contribution in [0, 0.1) is 10.8 Å². The highest BCUT2D eigenvalue weighted by Crippen LogP contribution is 2.40. The number of carbonyl (C=O) groups is 1. The first-order valence-electron chi connectivity index (χ1n) is 5.14. The minimum Gasteiger partial charge on any atom is -0.306 e. The smallest absolute Gasteiger partial charge is 0.129 e. The lowest BCUT2D eigenvalue weighted by molar-refractivity contribution is -0.114. The van der Waals surface area contributed by atoms with Crippen molar-refractivity contribution in [2.24, 2.45) is 10.8 Å². The molecule has 80 valence electrons. The van der Waals surface area contributed by atoms with Crippen LogP contribution in [0.2, 0.25) is 0 Å². The Balaban J connectivity index is 2.98. The third-order valence-corrected chi connectivity index (χ3v) is 3.28. The second-order valence-electron chi connectivity index (χ2n) is 5.46. The van der Waals surface area contributed by atoms with E-state index < -0.39 is 0 Å². The number of hydrogen-bond donors (Lipinski definition) is 0. The van der Waals surface area contributed by atoms with E-state index in [4.69, 9.17) is 0 Å². The maximum Gasteiger partial charge on any atom is 0.129 e. The summed E-state index contributed by atoms with van der Waals surface area (Å²) in [5.74, 6) is 0. The molecule has 0 saturated heterocycles. The molecule has 14 heavy (non-hydrogen) atoms. The maximum absolute atomic E-state index is 11.0. The molecule has 0 spiro atoms. The zero-order valence-electron chi connectivity index (χ0n) is 9.87. The topological polar surface area (TPSA) is 20.3 Å². The Hall–Kier alpha value is -0.630. The van der Waals surface area contributed by atoms with Crippen molar-refractivity contribution in [2.75, 3.05) is 14.1 Å². The predicted octanol–water partition coefficient (Wildman–Crippen LogP) is 2.11. The fraction of sp³-hybridized carbons (Fsp3) is 0.750. The van der Waals surface area contributed by atoms with Crippen LogP contribution >= 0.6 is 0 Å². The Bertz CT molecular complexity index is 255. The predicted molar refractivity (Wildman–Crippen MR) is 59.2 cm³/mol. The van der Waals surface area contributed by atoms with Gasteiger partial charge in [0.25, 0.3) is 0 Å². The molecule has 0 radical (unpaired) electrons. The highest BCUT2D eigenvalue weighted by atomic mass is 16.1. The summed E-state index contributed by atoms with van der Waals surface area (Å²) >= 11 is 0. The maximum atomic E-state index is 11.0. The van der Waals surface area contributed by atoms with Crippen LogP contribution in [0.25, 0.3) is 0 Å². The Kier molecular flexibility index (Phi) is 2.86. The second-order valence-corrected chi connectivity index (χ2v) is 5.46. The van der Waals surface area contributed by atoms with E-state index >= 15 is 0 Å². The second kappa shape index (κ2) is 3.50. The molecule has 1 rings (SSSR count). The first-order valence-corrected chi connectivity index (χ1v) is 5.14. The third kappa shape index (κ3) is 2.06. The highest BCUT2D eigenvalue weighted by Gasteiger charge is 2.39. The van der Waals surface area contributed by atoms with Gasteiger partial charge in [0, 0.05) is 11.5 Å². The minimum absolute atomic E-state index is 0.159. The van der Waals surface area contributed by atoms with Crippen molar-refractivity contribution in [2.45, 2.75) is 33.2 Å². The number of allylic oxidation sites excluding steroid dienone is 1. The average molecular weight is 195 g/mol. The molecule has 0 heterocycles. The number of carbonyl (C=O) groups excluding carboxylic acids is 1. The standard InChI is InChI=1S/C12H21NO/c1-11(2)6-7-12(3,9-14)8-10(11)13(4)5/h6-7,9-10H,8H2,1-5H3. The van der Waals surface area contributed by atoms with Crippen LogP contribution in [0.1, 0.15) is 27.2 Å². The van der Waals surface area contributed by atoms with Crippen molar-refractivity contribution in [3.05, 3.63) is 12.2 Å². The molecule has 0 amide bonds. The van der Waals surface area contributed by atoms with Gasteiger partial charge < -0.3 is 9.69 Å². The molecule has 0 aromatic heterocycles. The summed E-state index contributed by atoms with van der Waals surface area (Å²) in [6.07, 6.45) is 6.21. The van der Waals surface area contributed by atoms with Gasteiger partial charge in [0.15, 0.2) is 0 Å². The van der Waals surface area contributed by atoms with Gasteiger partial charge in [0.05, 0.1) is 0 Å². The largest absolute Gasteiger partial charge is 0.306 e. The van der Waals surface area contributed by atoms with Crippen LogP contribution in [0.4, 0.5) is 0 Å². The van der Waals surface area contributed by atoms with Gasteiger partial charge in [-0.05, 0) is 32.9 Å². The molecule has 0 fully saturated rings. The van der Waals surface area contributed by atoms with E-state index in [-0.39, 0.29) is 10.8 Å². The van der Waals surface area contributed by atoms with E-state index in [1.165, 1.54) is 0 Å². The van der Waals surface area contributed by atoms with Crippen LogP contribution in [0.15, 0.2) is 12.2 Å². The van der Waals surface area contributed by atoms with E-state index in [2.05, 4.69) is 45.0 Å². The molecule has 1 aliphatic rings. The van der Waals surface area contributed by atoms with Gasteiger partial charge in [-0.3, -0.25) is 0 Å². The summed E-state index contributed by atoms with van der Waals surface area (Å²) < 4.78 is 0. The normalized spacial score (nSPS) is 36.0. The molecular formula is C12H21NO. The molecule has 1 aliphatic carbocycles. The summed E-state index contributed by atoms with van der Waals surface area (Å²) in [6.45, 7) is 6.44. The van der Waals surface area contributed by atoms with Crippen molar-refractivity contribution in [1.82, 2.24) is 4.90 Å². The molecule has 2 atom stereocenters. The monoisotopic (exact) mass is 195 g/mol. The molecule has 2 nitrogen and oxygen atoms in total. The Morgan fingerprint density at radius 3 is 2.29 bits per heavy atom. The van der Waals surface area contributed by atoms with Gasteiger partial charge in [-0.2, -0.15) is 0 Å². The number of hydrogen-bond acceptors (Lipinski definition) is 2. The van der Waals surface area contributed by atoms with Gasteiger partial charge in [-0.15, -0.1) is 0 Å². The fourth-order valence-electron chi connectivity index (χ4n) is 2.20. The van der Waals surface area contributed by atoms with Gasteiger partial charge in [-0.1, -0.05) is 26.0 Å². The molecule has 2 heteroatoms. The van der Waals surface area contributed by atoms with Crippen molar-refractivity contribution in [1.29, 1.82) is 0 Å². The third-order valence-electron chi connectivity index (χ3n) is 3.28. The molecule has 0 aliphatic heterocycles. The van der Waals surface area contributed by atoms with Crippen molar-refractivity contribution >= 4 is 6.29 Å². The SMILES string of the molecule is CN(C)C1CC(C)(C=O)C=CC1(C)C. The van der Waals surface area contributed by atoms with E-state index in [1.807, 2.05) is 6.92 Å². The number of aldehydes is 1. The summed E-state index contributed by atoms with van der Waals surface area (Å²) in [5.41, 5.74) is -0.115. The van der Waals surface area contributed by atoms with Gasteiger partial charge in [0.1, 0.15) is 6.29 Å². The van der Waals surface area contributed by atoms with E-state index in [9.17, 15) is 4.79 Å². The van der Waals surface area contributed by atoms with E-state index in [0.29, 0.717) is 6.04 Å². The zero-order valence-corrected chi connectivity index (χ0v) is 9.87. The van der Waals surface area contributed by atoms with Crippen molar-refractivity contribution < 1.29 is 4.79 Å². The van der Waals surface area contributed by atoms with Crippen LogP contribution in [0.3, 0.4) is 0 Å².